The van der Waals surface area contributed by atoms with Crippen molar-refractivity contribution in [3.63, 3.8) is 0 Å². The quantitative estimate of drug-likeness (QED) is 0.282. The number of hydrogen-bond donors (Lipinski definition) is 1. The Kier molecular flexibility index (Phi) is 9.29. The third kappa shape index (κ3) is 5.84. The van der Waals surface area contributed by atoms with Gasteiger partial charge in [0, 0.05) is 23.2 Å². The molecule has 39 heavy (non-hydrogen) atoms. The van der Waals surface area contributed by atoms with Gasteiger partial charge in [-0.05, 0) is 98.2 Å². The molecule has 210 valence electrons. The van der Waals surface area contributed by atoms with Crippen LogP contribution in [0.15, 0.2) is 47.4 Å². The van der Waals surface area contributed by atoms with E-state index in [0.29, 0.717) is 16.8 Å². The van der Waals surface area contributed by atoms with Crippen LogP contribution in [0.5, 0.6) is 11.5 Å². The number of benzene rings is 3. The predicted octanol–water partition coefficient (Wildman–Crippen LogP) is 7.02. The molecule has 0 spiro atoms. The first-order valence-electron chi connectivity index (χ1n) is 12.8. The molecule has 1 N–H and O–H groups in total. The molecule has 1 aliphatic carbocycles. The van der Waals surface area contributed by atoms with Crippen molar-refractivity contribution in [2.75, 3.05) is 32.0 Å². The molecule has 0 radical (unpaired) electrons. The normalized spacial score (nSPS) is 16.4. The fourth-order valence-electron chi connectivity index (χ4n) is 5.96. The standard InChI is InChI=1S/C29H32Cl2N2O4S.ClH/c1-18-6-4-8-24(32-38(34,35)27-17-20(30)9-11-23(27)31)21(18)7-5-14-33-15-13-19-16-26(36-2)29(37-3)22-10-12-25(33)28(19)22;/h4,6,8-9,11,16-17,25,32H,5,7,10,12-15H2,1-3H3;1H. The lowest BCUT2D eigenvalue weighted by molar-refractivity contribution is 0.183. The van der Waals surface area contributed by atoms with Gasteiger partial charge in [-0.15, -0.1) is 12.4 Å². The summed E-state index contributed by atoms with van der Waals surface area (Å²) < 4.78 is 40.4. The molecule has 0 aromatic heterocycles. The number of nitrogens with zero attached hydrogens (tertiary/aromatic N) is 1. The maximum absolute atomic E-state index is 13.2. The zero-order valence-corrected chi connectivity index (χ0v) is 25.4. The first-order valence-corrected chi connectivity index (χ1v) is 15.0. The van der Waals surface area contributed by atoms with E-state index < -0.39 is 10.0 Å². The zero-order valence-electron chi connectivity index (χ0n) is 22.2. The lowest BCUT2D eigenvalue weighted by Gasteiger charge is -2.35. The van der Waals surface area contributed by atoms with Crippen molar-refractivity contribution in [3.05, 3.63) is 80.3 Å². The summed E-state index contributed by atoms with van der Waals surface area (Å²) in [5.41, 5.74) is 6.68. The number of ether oxygens (including phenoxy) is 2. The number of halogens is 3. The van der Waals surface area contributed by atoms with Crippen LogP contribution in [0.25, 0.3) is 0 Å². The van der Waals surface area contributed by atoms with Gasteiger partial charge in [0.15, 0.2) is 11.5 Å². The van der Waals surface area contributed by atoms with Crippen molar-refractivity contribution in [2.24, 2.45) is 0 Å². The second-order valence-corrected chi connectivity index (χ2v) is 12.4. The molecule has 10 heteroatoms. The van der Waals surface area contributed by atoms with Crippen LogP contribution in [0.1, 0.15) is 46.7 Å². The van der Waals surface area contributed by atoms with E-state index in [0.717, 1.165) is 67.8 Å². The molecule has 0 saturated carbocycles. The summed E-state index contributed by atoms with van der Waals surface area (Å²) in [5.74, 6) is 1.69. The van der Waals surface area contributed by atoms with Crippen molar-refractivity contribution >= 4 is 51.3 Å². The van der Waals surface area contributed by atoms with Crippen molar-refractivity contribution in [1.82, 2.24) is 4.90 Å². The molecule has 1 atom stereocenters. The molecule has 1 aliphatic heterocycles. The fourth-order valence-corrected chi connectivity index (χ4v) is 7.82. The van der Waals surface area contributed by atoms with Crippen molar-refractivity contribution in [1.29, 1.82) is 0 Å². The first kappa shape index (κ1) is 29.8. The van der Waals surface area contributed by atoms with E-state index in [2.05, 4.69) is 15.7 Å². The predicted molar refractivity (Wildman–Crippen MR) is 160 cm³/mol. The van der Waals surface area contributed by atoms with Gasteiger partial charge >= 0.3 is 0 Å². The Morgan fingerprint density at radius 1 is 1.08 bits per heavy atom. The van der Waals surface area contributed by atoms with Gasteiger partial charge in [0.2, 0.25) is 0 Å². The minimum absolute atomic E-state index is 0. The number of sulfonamides is 1. The molecular formula is C29H33Cl3N2O4S. The van der Waals surface area contributed by atoms with Gasteiger partial charge in [-0.1, -0.05) is 35.3 Å². The molecule has 1 unspecified atom stereocenters. The van der Waals surface area contributed by atoms with Gasteiger partial charge in [-0.25, -0.2) is 8.42 Å². The van der Waals surface area contributed by atoms with Gasteiger partial charge < -0.3 is 9.47 Å². The second-order valence-electron chi connectivity index (χ2n) is 9.89. The Labute approximate surface area is 247 Å². The van der Waals surface area contributed by atoms with Gasteiger partial charge in [-0.3, -0.25) is 9.62 Å². The molecule has 2 aliphatic rings. The maximum atomic E-state index is 13.2. The van der Waals surface area contributed by atoms with Gasteiger partial charge in [-0.2, -0.15) is 0 Å². The highest BCUT2D eigenvalue weighted by molar-refractivity contribution is 7.92. The molecular weight excluding hydrogens is 579 g/mol. The summed E-state index contributed by atoms with van der Waals surface area (Å²) in [6.45, 7) is 3.94. The van der Waals surface area contributed by atoms with Crippen LogP contribution in [0.3, 0.4) is 0 Å². The van der Waals surface area contributed by atoms with E-state index in [1.807, 2.05) is 19.1 Å². The molecule has 1 heterocycles. The number of methoxy groups -OCH3 is 2. The summed E-state index contributed by atoms with van der Waals surface area (Å²) >= 11 is 12.2. The van der Waals surface area contributed by atoms with Crippen LogP contribution >= 0.6 is 35.6 Å². The summed E-state index contributed by atoms with van der Waals surface area (Å²) in [6.07, 6.45) is 4.70. The van der Waals surface area contributed by atoms with E-state index >= 15 is 0 Å². The minimum Gasteiger partial charge on any atom is -0.493 e. The molecule has 0 amide bonds. The number of aryl methyl sites for hydroxylation is 1. The summed E-state index contributed by atoms with van der Waals surface area (Å²) in [5, 5.41) is 0.445. The lowest BCUT2D eigenvalue weighted by Crippen LogP contribution is -2.35. The Bertz CT molecular complexity index is 1480. The number of hydrogen-bond acceptors (Lipinski definition) is 5. The van der Waals surface area contributed by atoms with Crippen LogP contribution in [-0.4, -0.2) is 40.6 Å². The smallest absolute Gasteiger partial charge is 0.263 e. The highest BCUT2D eigenvalue weighted by atomic mass is 35.5. The summed E-state index contributed by atoms with van der Waals surface area (Å²) in [6, 6.07) is 12.6. The van der Waals surface area contributed by atoms with Crippen LogP contribution in [-0.2, 0) is 29.3 Å². The highest BCUT2D eigenvalue weighted by Gasteiger charge is 2.36. The van der Waals surface area contributed by atoms with E-state index in [1.54, 1.807) is 26.4 Å². The van der Waals surface area contributed by atoms with E-state index in [1.165, 1.54) is 28.8 Å². The Hall–Kier alpha value is -2.16. The van der Waals surface area contributed by atoms with E-state index in [-0.39, 0.29) is 22.3 Å². The SMILES string of the molecule is COc1cc2c3c(c1OC)CCC3N(CCCc1c(C)cccc1NS(=O)(=O)c1cc(Cl)ccc1Cl)CC2.Cl. The third-order valence-electron chi connectivity index (χ3n) is 7.72. The molecule has 0 saturated heterocycles. The van der Waals surface area contributed by atoms with Crippen LogP contribution < -0.4 is 14.2 Å². The summed E-state index contributed by atoms with van der Waals surface area (Å²) in [4.78, 5) is 2.54. The van der Waals surface area contributed by atoms with Crippen molar-refractivity contribution in [3.8, 4) is 11.5 Å². The second kappa shape index (κ2) is 12.1. The molecule has 5 rings (SSSR count). The highest BCUT2D eigenvalue weighted by Crippen LogP contribution is 2.48. The maximum Gasteiger partial charge on any atom is 0.263 e. The van der Waals surface area contributed by atoms with Gasteiger partial charge in [0.05, 0.1) is 24.9 Å². The Morgan fingerprint density at radius 2 is 1.87 bits per heavy atom. The lowest BCUT2D eigenvalue weighted by atomic mass is 9.92. The summed E-state index contributed by atoms with van der Waals surface area (Å²) in [7, 11) is -0.494. The van der Waals surface area contributed by atoms with Gasteiger partial charge in [0.25, 0.3) is 10.0 Å². The van der Waals surface area contributed by atoms with Crippen LogP contribution in [0.2, 0.25) is 10.0 Å². The fraction of sp³-hybridized carbons (Fsp3) is 0.379. The molecule has 3 aromatic rings. The van der Waals surface area contributed by atoms with Crippen molar-refractivity contribution in [2.45, 2.75) is 50.0 Å². The largest absolute Gasteiger partial charge is 0.493 e. The number of nitrogens with one attached hydrogen (secondary N) is 1. The average Bonchev–Trinajstić information content (AvgIpc) is 3.34. The number of anilines is 1. The zero-order chi connectivity index (χ0) is 27.0. The monoisotopic (exact) mass is 610 g/mol. The third-order valence-corrected chi connectivity index (χ3v) is 9.80. The van der Waals surface area contributed by atoms with Gasteiger partial charge in [0.1, 0.15) is 4.90 Å². The van der Waals surface area contributed by atoms with Crippen LogP contribution in [0.4, 0.5) is 5.69 Å². The topological polar surface area (TPSA) is 67.9 Å². The first-order chi connectivity index (χ1) is 18.2. The molecule has 3 aromatic carbocycles. The van der Waals surface area contributed by atoms with Crippen molar-refractivity contribution < 1.29 is 17.9 Å². The van der Waals surface area contributed by atoms with E-state index in [4.69, 9.17) is 32.7 Å². The molecule has 0 fully saturated rings. The van der Waals surface area contributed by atoms with Crippen LogP contribution in [0, 0.1) is 6.92 Å². The average molecular weight is 612 g/mol. The van der Waals surface area contributed by atoms with E-state index in [9.17, 15) is 8.42 Å². The number of rotatable bonds is 9. The minimum atomic E-state index is -3.90. The Morgan fingerprint density at radius 3 is 2.62 bits per heavy atom. The Balaban J connectivity index is 0.00000353. The molecule has 6 nitrogen and oxygen atoms in total. The molecule has 0 bridgehead atoms.